The van der Waals surface area contributed by atoms with Gasteiger partial charge in [-0.3, -0.25) is 9.52 Å². The van der Waals surface area contributed by atoms with Crippen molar-refractivity contribution in [2.45, 2.75) is 76.3 Å². The molecule has 3 N–H and O–H groups in total. The third-order valence-electron chi connectivity index (χ3n) is 8.13. The Balaban J connectivity index is 1.62. The van der Waals surface area contributed by atoms with Gasteiger partial charge < -0.3 is 34.2 Å². The lowest BCUT2D eigenvalue weighted by atomic mass is 10.0. The van der Waals surface area contributed by atoms with Crippen LogP contribution in [0.3, 0.4) is 0 Å². The van der Waals surface area contributed by atoms with E-state index < -0.39 is 28.1 Å². The van der Waals surface area contributed by atoms with Crippen molar-refractivity contribution in [3.63, 3.8) is 0 Å². The van der Waals surface area contributed by atoms with Gasteiger partial charge in [-0.05, 0) is 76.6 Å². The standard InChI is InChI=1S/C32H45N5O8S2/c1-20-17-37(21(2)19-38)31(39)26-16-25(35-47(41,42)29-11-9-15-46-29)12-13-27(26)44-22(3)10-7-8-14-43-28(20)18-36(6)32(40)33-30-23(4)34-45-24(30)5/h9,11-13,15-16,20-22,28,35,38H,7-8,10,14,17-19H2,1-6H3,(H,33,40)/t20-,21+,22-,28-/m1/s1. The normalized spacial score (nSPS) is 20.4. The molecule has 0 spiro atoms. The number of anilines is 2. The average Bonchev–Trinajstić information content (AvgIpc) is 3.69. The fourth-order valence-corrected chi connectivity index (χ4v) is 7.33. The number of benzene rings is 1. The Kier molecular flexibility index (Phi) is 12.3. The Morgan fingerprint density at radius 2 is 2.00 bits per heavy atom. The molecule has 0 fully saturated rings. The molecular weight excluding hydrogens is 647 g/mol. The zero-order valence-corrected chi connectivity index (χ0v) is 29.3. The molecular formula is C32H45N5O8S2. The molecule has 4 rings (SSSR count). The fourth-order valence-electron chi connectivity index (χ4n) is 5.29. The molecule has 0 saturated carbocycles. The van der Waals surface area contributed by atoms with Gasteiger partial charge in [-0.15, -0.1) is 11.3 Å². The summed E-state index contributed by atoms with van der Waals surface area (Å²) in [6.45, 7) is 9.62. The molecule has 0 aliphatic carbocycles. The number of carbonyl (C=O) groups excluding carboxylic acids is 2. The highest BCUT2D eigenvalue weighted by molar-refractivity contribution is 7.94. The maximum Gasteiger partial charge on any atom is 0.321 e. The summed E-state index contributed by atoms with van der Waals surface area (Å²) in [5.74, 6) is 0.122. The van der Waals surface area contributed by atoms with Gasteiger partial charge in [0.25, 0.3) is 15.9 Å². The van der Waals surface area contributed by atoms with E-state index in [1.165, 1.54) is 17.0 Å². The van der Waals surface area contributed by atoms with Crippen LogP contribution in [-0.2, 0) is 14.8 Å². The summed E-state index contributed by atoms with van der Waals surface area (Å²) in [5.41, 5.74) is 1.46. The van der Waals surface area contributed by atoms with Crippen LogP contribution in [0.15, 0.2) is 44.4 Å². The second-order valence-electron chi connectivity index (χ2n) is 12.1. The van der Waals surface area contributed by atoms with E-state index >= 15 is 0 Å². The first-order valence-corrected chi connectivity index (χ1v) is 18.0. The van der Waals surface area contributed by atoms with Gasteiger partial charge in [-0.25, -0.2) is 13.2 Å². The number of thiophene rings is 1. The number of urea groups is 1. The summed E-state index contributed by atoms with van der Waals surface area (Å²) in [5, 5.41) is 18.6. The van der Waals surface area contributed by atoms with Gasteiger partial charge in [0, 0.05) is 38.3 Å². The number of aromatic nitrogens is 1. The topological polar surface area (TPSA) is 164 Å². The molecule has 1 aliphatic rings. The van der Waals surface area contributed by atoms with Crippen LogP contribution in [0.2, 0.25) is 0 Å². The SMILES string of the molecule is Cc1noc(C)c1NC(=O)N(C)C[C@H]1OCCCC[C@@H](C)Oc2ccc(NS(=O)(=O)c3cccs3)cc2C(=O)N([C@@H](C)CO)C[C@H]1C. The van der Waals surface area contributed by atoms with Crippen molar-refractivity contribution in [3.8, 4) is 5.75 Å². The molecule has 2 aromatic heterocycles. The number of likely N-dealkylation sites (N-methyl/N-ethyl adjacent to an activating group) is 1. The second kappa shape index (κ2) is 16.0. The van der Waals surface area contributed by atoms with E-state index in [1.807, 2.05) is 13.8 Å². The maximum atomic E-state index is 14.3. The van der Waals surface area contributed by atoms with Crippen molar-refractivity contribution in [2.75, 3.05) is 43.4 Å². The monoisotopic (exact) mass is 691 g/mol. The lowest BCUT2D eigenvalue weighted by Crippen LogP contribution is -2.48. The van der Waals surface area contributed by atoms with Gasteiger partial charge in [-0.1, -0.05) is 18.1 Å². The predicted octanol–water partition coefficient (Wildman–Crippen LogP) is 5.11. The highest BCUT2D eigenvalue weighted by atomic mass is 32.2. The van der Waals surface area contributed by atoms with Crippen molar-refractivity contribution < 1.29 is 37.1 Å². The summed E-state index contributed by atoms with van der Waals surface area (Å²) in [6.07, 6.45) is 1.57. The van der Waals surface area contributed by atoms with Crippen LogP contribution in [0.4, 0.5) is 16.2 Å². The van der Waals surface area contributed by atoms with Crippen molar-refractivity contribution in [1.82, 2.24) is 15.0 Å². The average molecular weight is 692 g/mol. The summed E-state index contributed by atoms with van der Waals surface area (Å²) >= 11 is 1.09. The molecule has 0 radical (unpaired) electrons. The van der Waals surface area contributed by atoms with Crippen LogP contribution >= 0.6 is 11.3 Å². The number of aliphatic hydroxyl groups excluding tert-OH is 1. The number of fused-ring (bicyclic) bond motifs is 1. The lowest BCUT2D eigenvalue weighted by Gasteiger charge is -2.35. The van der Waals surface area contributed by atoms with Crippen molar-refractivity contribution in [3.05, 3.63) is 52.7 Å². The van der Waals surface area contributed by atoms with Crippen LogP contribution in [0.5, 0.6) is 5.75 Å². The number of hydrogen-bond donors (Lipinski definition) is 3. The lowest BCUT2D eigenvalue weighted by molar-refractivity contribution is -0.0115. The Morgan fingerprint density at radius 1 is 1.23 bits per heavy atom. The highest BCUT2D eigenvalue weighted by Gasteiger charge is 2.31. The third-order valence-corrected chi connectivity index (χ3v) is 10.9. The number of carbonyl (C=O) groups is 2. The van der Waals surface area contributed by atoms with Crippen molar-refractivity contribution >= 4 is 44.7 Å². The predicted molar refractivity (Wildman–Crippen MR) is 180 cm³/mol. The minimum atomic E-state index is -3.86. The molecule has 1 aromatic carbocycles. The van der Waals surface area contributed by atoms with Crippen molar-refractivity contribution in [1.29, 1.82) is 0 Å². The zero-order valence-electron chi connectivity index (χ0n) is 27.7. The molecule has 3 heterocycles. The summed E-state index contributed by atoms with van der Waals surface area (Å²) in [4.78, 5) is 30.5. The van der Waals surface area contributed by atoms with Crippen LogP contribution < -0.4 is 14.8 Å². The number of nitrogens with zero attached hydrogens (tertiary/aromatic N) is 3. The fraction of sp³-hybridized carbons (Fsp3) is 0.531. The molecule has 0 bridgehead atoms. The molecule has 47 heavy (non-hydrogen) atoms. The van der Waals surface area contributed by atoms with Crippen LogP contribution in [0.25, 0.3) is 0 Å². The van der Waals surface area contributed by atoms with Gasteiger partial charge in [0.2, 0.25) is 0 Å². The highest BCUT2D eigenvalue weighted by Crippen LogP contribution is 2.30. The van der Waals surface area contributed by atoms with Gasteiger partial charge in [0.1, 0.15) is 21.3 Å². The molecule has 4 atom stereocenters. The molecule has 3 aromatic rings. The van der Waals surface area contributed by atoms with Gasteiger partial charge in [0.05, 0.1) is 30.4 Å². The second-order valence-corrected chi connectivity index (χ2v) is 14.9. The van der Waals surface area contributed by atoms with Gasteiger partial charge >= 0.3 is 6.03 Å². The van der Waals surface area contributed by atoms with Crippen LogP contribution in [0, 0.1) is 19.8 Å². The van der Waals surface area contributed by atoms with Gasteiger partial charge in [-0.2, -0.15) is 0 Å². The Hall–Kier alpha value is -3.66. The van der Waals surface area contributed by atoms with Crippen molar-refractivity contribution in [2.24, 2.45) is 5.92 Å². The quantitative estimate of drug-likeness (QED) is 0.291. The summed E-state index contributed by atoms with van der Waals surface area (Å²) in [7, 11) is -2.20. The van der Waals surface area contributed by atoms with Gasteiger partial charge in [0.15, 0.2) is 5.76 Å². The molecule has 15 heteroatoms. The van der Waals surface area contributed by atoms with E-state index in [2.05, 4.69) is 15.2 Å². The molecule has 3 amide bonds. The van der Waals surface area contributed by atoms with E-state index in [4.69, 9.17) is 14.0 Å². The number of aliphatic hydroxyl groups is 1. The smallest absolute Gasteiger partial charge is 0.321 e. The van der Waals surface area contributed by atoms with Crippen LogP contribution in [-0.4, -0.2) is 92.0 Å². The molecule has 1 aliphatic heterocycles. The van der Waals surface area contributed by atoms with E-state index in [-0.39, 0.29) is 53.2 Å². The summed E-state index contributed by atoms with van der Waals surface area (Å²) < 4.78 is 46.4. The minimum absolute atomic E-state index is 0.148. The molecule has 258 valence electrons. The van der Waals surface area contributed by atoms with E-state index in [1.54, 1.807) is 56.3 Å². The Bertz CT molecular complexity index is 1590. The Labute approximate surface area is 280 Å². The number of aryl methyl sites for hydroxylation is 2. The first-order valence-electron chi connectivity index (χ1n) is 15.7. The molecule has 0 unspecified atom stereocenters. The number of sulfonamides is 1. The number of nitrogens with one attached hydrogen (secondary N) is 2. The largest absolute Gasteiger partial charge is 0.490 e. The number of rotatable bonds is 8. The number of hydrogen-bond acceptors (Lipinski definition) is 10. The van der Waals surface area contributed by atoms with E-state index in [0.29, 0.717) is 35.9 Å². The molecule has 0 saturated heterocycles. The number of ether oxygens (including phenoxy) is 2. The maximum absolute atomic E-state index is 14.3. The first kappa shape index (κ1) is 36.2. The van der Waals surface area contributed by atoms with Crippen LogP contribution in [0.1, 0.15) is 61.8 Å². The van der Waals surface area contributed by atoms with E-state index in [9.17, 15) is 23.1 Å². The zero-order chi connectivity index (χ0) is 34.3. The Morgan fingerprint density at radius 3 is 2.66 bits per heavy atom. The first-order chi connectivity index (χ1) is 22.3. The number of amides is 3. The minimum Gasteiger partial charge on any atom is -0.490 e. The molecule has 13 nitrogen and oxygen atoms in total. The summed E-state index contributed by atoms with van der Waals surface area (Å²) in [6, 6.07) is 6.86. The third kappa shape index (κ3) is 9.24. The van der Waals surface area contributed by atoms with E-state index in [0.717, 1.165) is 24.2 Å².